The molecule has 0 bridgehead atoms. The lowest BCUT2D eigenvalue weighted by Crippen LogP contribution is -2.53. The Kier molecular flexibility index (Phi) is 6.79. The summed E-state index contributed by atoms with van der Waals surface area (Å²) in [7, 11) is 0. The summed E-state index contributed by atoms with van der Waals surface area (Å²) in [6, 6.07) is 16.7. The number of morpholine rings is 1. The van der Waals surface area contributed by atoms with E-state index in [4.69, 9.17) is 10.5 Å². The van der Waals surface area contributed by atoms with Crippen LogP contribution in [0, 0.1) is 0 Å². The highest BCUT2D eigenvalue weighted by Crippen LogP contribution is 2.15. The molecule has 0 radical (unpaired) electrons. The molecule has 6 nitrogen and oxygen atoms in total. The number of nitrogens with one attached hydrogen (secondary N) is 1. The molecule has 2 amide bonds. The van der Waals surface area contributed by atoms with Crippen LogP contribution in [0.1, 0.15) is 39.6 Å². The van der Waals surface area contributed by atoms with Crippen molar-refractivity contribution in [3.63, 3.8) is 0 Å². The van der Waals surface area contributed by atoms with Crippen molar-refractivity contribution in [3.05, 3.63) is 71.3 Å². The van der Waals surface area contributed by atoms with Gasteiger partial charge in [0.25, 0.3) is 5.91 Å². The third kappa shape index (κ3) is 5.18. The van der Waals surface area contributed by atoms with Crippen molar-refractivity contribution in [2.24, 2.45) is 5.73 Å². The summed E-state index contributed by atoms with van der Waals surface area (Å²) in [5.74, 6) is -0.771. The van der Waals surface area contributed by atoms with Crippen LogP contribution in [0.15, 0.2) is 54.6 Å². The van der Waals surface area contributed by atoms with Gasteiger partial charge < -0.3 is 15.8 Å². The number of primary amides is 1. The summed E-state index contributed by atoms with van der Waals surface area (Å²) in [5.41, 5.74) is 7.32. The molecule has 1 aliphatic heterocycles. The zero-order chi connectivity index (χ0) is 19.9. The van der Waals surface area contributed by atoms with Gasteiger partial charge in [0.2, 0.25) is 5.91 Å². The molecule has 3 rings (SSSR count). The Bertz CT molecular complexity index is 810. The normalized spacial score (nSPS) is 18.4. The second-order valence-corrected chi connectivity index (χ2v) is 7.06. The predicted octanol–water partition coefficient (Wildman–Crippen LogP) is 2.19. The maximum atomic E-state index is 12.7. The number of ether oxygens (including phenoxy) is 1. The zero-order valence-corrected chi connectivity index (χ0v) is 16.1. The van der Waals surface area contributed by atoms with Gasteiger partial charge in [-0.1, -0.05) is 43.3 Å². The highest BCUT2D eigenvalue weighted by atomic mass is 16.5. The van der Waals surface area contributed by atoms with Gasteiger partial charge in [-0.3, -0.25) is 14.5 Å². The smallest absolute Gasteiger partial charge is 0.251 e. The summed E-state index contributed by atoms with van der Waals surface area (Å²) in [4.78, 5) is 26.4. The van der Waals surface area contributed by atoms with Crippen LogP contribution in [0.5, 0.6) is 0 Å². The highest BCUT2D eigenvalue weighted by molar-refractivity contribution is 5.99. The molecular formula is C22H27N3O3. The zero-order valence-electron chi connectivity index (χ0n) is 16.1. The quantitative estimate of drug-likeness (QED) is 0.770. The number of rotatable bonds is 7. The third-order valence-electron chi connectivity index (χ3n) is 5.04. The Hall–Kier alpha value is -2.70. The van der Waals surface area contributed by atoms with Gasteiger partial charge in [0, 0.05) is 30.8 Å². The standard InChI is InChI=1S/C22H27N3O3/c1-2-19(24-22(27)18-10-6-9-17(13-18)21(23)26)20-15-25(11-12-28-20)14-16-7-4-3-5-8-16/h3-10,13,19-20H,2,11-12,14-15H2,1H3,(H2,23,26)(H,24,27). The first-order chi connectivity index (χ1) is 13.6. The number of benzene rings is 2. The van der Waals surface area contributed by atoms with E-state index in [1.165, 1.54) is 11.6 Å². The van der Waals surface area contributed by atoms with Crippen LogP contribution in [0.25, 0.3) is 0 Å². The molecular weight excluding hydrogens is 354 g/mol. The number of nitrogens with zero attached hydrogens (tertiary/aromatic N) is 1. The first-order valence-electron chi connectivity index (χ1n) is 9.65. The first kappa shape index (κ1) is 20.0. The number of carbonyl (C=O) groups is 2. The van der Waals surface area contributed by atoms with Crippen molar-refractivity contribution in [3.8, 4) is 0 Å². The summed E-state index contributed by atoms with van der Waals surface area (Å²) < 4.78 is 5.97. The van der Waals surface area contributed by atoms with Gasteiger partial charge in [-0.2, -0.15) is 0 Å². The molecule has 148 valence electrons. The van der Waals surface area contributed by atoms with Crippen LogP contribution in [-0.4, -0.2) is 48.6 Å². The van der Waals surface area contributed by atoms with Gasteiger partial charge in [0.1, 0.15) is 0 Å². The van der Waals surface area contributed by atoms with Gasteiger partial charge in [-0.25, -0.2) is 0 Å². The molecule has 2 aromatic carbocycles. The molecule has 1 saturated heterocycles. The summed E-state index contributed by atoms with van der Waals surface area (Å²) in [6.45, 7) is 5.17. The predicted molar refractivity (Wildman–Crippen MR) is 108 cm³/mol. The second kappa shape index (κ2) is 9.48. The van der Waals surface area contributed by atoms with Crippen LogP contribution in [0.2, 0.25) is 0 Å². The van der Waals surface area contributed by atoms with E-state index in [-0.39, 0.29) is 18.1 Å². The Morgan fingerprint density at radius 3 is 2.64 bits per heavy atom. The largest absolute Gasteiger partial charge is 0.373 e. The van der Waals surface area contributed by atoms with Crippen molar-refractivity contribution in [1.82, 2.24) is 10.2 Å². The van der Waals surface area contributed by atoms with Crippen molar-refractivity contribution in [1.29, 1.82) is 0 Å². The first-order valence-corrected chi connectivity index (χ1v) is 9.65. The van der Waals surface area contributed by atoms with Crippen molar-refractivity contribution in [2.75, 3.05) is 19.7 Å². The SMILES string of the molecule is CCC(NC(=O)c1cccc(C(N)=O)c1)C1CN(Cc2ccccc2)CCO1. The molecule has 0 spiro atoms. The van der Waals surface area contributed by atoms with Crippen LogP contribution < -0.4 is 11.1 Å². The number of carbonyl (C=O) groups excluding carboxylic acids is 2. The second-order valence-electron chi connectivity index (χ2n) is 7.06. The highest BCUT2D eigenvalue weighted by Gasteiger charge is 2.28. The molecule has 28 heavy (non-hydrogen) atoms. The molecule has 3 N–H and O–H groups in total. The average Bonchev–Trinajstić information content (AvgIpc) is 2.73. The number of nitrogens with two attached hydrogens (primary N) is 1. The van der Waals surface area contributed by atoms with Gasteiger partial charge in [-0.05, 0) is 30.2 Å². The summed E-state index contributed by atoms with van der Waals surface area (Å²) in [5, 5.41) is 3.06. The van der Waals surface area contributed by atoms with E-state index < -0.39 is 5.91 Å². The van der Waals surface area contributed by atoms with Gasteiger partial charge in [0.15, 0.2) is 0 Å². The minimum atomic E-state index is -0.547. The molecule has 1 fully saturated rings. The molecule has 2 aromatic rings. The van der Waals surface area contributed by atoms with Crippen molar-refractivity contribution < 1.29 is 14.3 Å². The third-order valence-corrected chi connectivity index (χ3v) is 5.04. The fourth-order valence-electron chi connectivity index (χ4n) is 3.48. The van der Waals surface area contributed by atoms with Crippen molar-refractivity contribution >= 4 is 11.8 Å². The maximum absolute atomic E-state index is 12.7. The van der Waals surface area contributed by atoms with E-state index in [2.05, 4.69) is 22.3 Å². The van der Waals surface area contributed by atoms with E-state index in [9.17, 15) is 9.59 Å². The van der Waals surface area contributed by atoms with Crippen LogP contribution >= 0.6 is 0 Å². The summed E-state index contributed by atoms with van der Waals surface area (Å²) >= 11 is 0. The molecule has 2 unspecified atom stereocenters. The van der Waals surface area contributed by atoms with E-state index >= 15 is 0 Å². The molecule has 0 saturated carbocycles. The Morgan fingerprint density at radius 2 is 1.93 bits per heavy atom. The van der Waals surface area contributed by atoms with Gasteiger partial charge in [-0.15, -0.1) is 0 Å². The Labute approximate surface area is 165 Å². The molecule has 6 heteroatoms. The minimum absolute atomic E-state index is 0.0780. The maximum Gasteiger partial charge on any atom is 0.251 e. The van der Waals surface area contributed by atoms with E-state index in [0.29, 0.717) is 17.7 Å². The Balaban J connectivity index is 1.63. The van der Waals surface area contributed by atoms with Crippen LogP contribution in [0.4, 0.5) is 0 Å². The van der Waals surface area contributed by atoms with Crippen LogP contribution in [0.3, 0.4) is 0 Å². The minimum Gasteiger partial charge on any atom is -0.373 e. The molecule has 1 heterocycles. The number of hydrogen-bond donors (Lipinski definition) is 2. The van der Waals surface area contributed by atoms with Crippen molar-refractivity contribution in [2.45, 2.75) is 32.0 Å². The molecule has 2 atom stereocenters. The molecule has 0 aromatic heterocycles. The lowest BCUT2D eigenvalue weighted by Gasteiger charge is -2.37. The topological polar surface area (TPSA) is 84.7 Å². The lowest BCUT2D eigenvalue weighted by atomic mass is 10.0. The van der Waals surface area contributed by atoms with E-state index in [1.807, 2.05) is 25.1 Å². The van der Waals surface area contributed by atoms with Gasteiger partial charge >= 0.3 is 0 Å². The summed E-state index contributed by atoms with van der Waals surface area (Å²) in [6.07, 6.45) is 0.677. The number of amides is 2. The fourth-order valence-corrected chi connectivity index (χ4v) is 3.48. The monoisotopic (exact) mass is 381 g/mol. The average molecular weight is 381 g/mol. The molecule has 1 aliphatic rings. The molecule has 0 aliphatic carbocycles. The Morgan fingerprint density at radius 1 is 1.18 bits per heavy atom. The van der Waals surface area contributed by atoms with E-state index in [1.54, 1.807) is 18.2 Å². The van der Waals surface area contributed by atoms with Crippen LogP contribution in [-0.2, 0) is 11.3 Å². The number of hydrogen-bond acceptors (Lipinski definition) is 4. The lowest BCUT2D eigenvalue weighted by molar-refractivity contribution is -0.0483. The fraction of sp³-hybridized carbons (Fsp3) is 0.364. The van der Waals surface area contributed by atoms with Gasteiger partial charge in [0.05, 0.1) is 18.8 Å². The van der Waals surface area contributed by atoms with E-state index in [0.717, 1.165) is 26.1 Å².